The molecule has 9 heteroatoms. The minimum Gasteiger partial charge on any atom is -0.487 e. The molecule has 0 atom stereocenters. The molecule has 0 unspecified atom stereocenters. The highest BCUT2D eigenvalue weighted by Crippen LogP contribution is 2.49. The van der Waals surface area contributed by atoms with Gasteiger partial charge in [-0.2, -0.15) is 13.2 Å². The predicted octanol–water partition coefficient (Wildman–Crippen LogP) is 7.13. The number of ether oxygens (including phenoxy) is 2. The van der Waals surface area contributed by atoms with Crippen LogP contribution >= 0.6 is 11.6 Å². The fourth-order valence-corrected chi connectivity index (χ4v) is 3.10. The van der Waals surface area contributed by atoms with Gasteiger partial charge in [0.25, 0.3) is 0 Å². The largest absolute Gasteiger partial charge is 0.487 e. The van der Waals surface area contributed by atoms with E-state index in [1.165, 1.54) is 18.2 Å². The van der Waals surface area contributed by atoms with E-state index in [0.29, 0.717) is 5.75 Å². The number of hydrogen-bond acceptors (Lipinski definition) is 4. The first-order chi connectivity index (χ1) is 14.2. The van der Waals surface area contributed by atoms with Gasteiger partial charge in [-0.3, -0.25) is 10.1 Å². The molecule has 0 aliphatic carbocycles. The van der Waals surface area contributed by atoms with Crippen LogP contribution in [0, 0.1) is 10.1 Å². The first kappa shape index (κ1) is 21.4. The van der Waals surface area contributed by atoms with Crippen LogP contribution in [0.2, 0.25) is 5.02 Å². The van der Waals surface area contributed by atoms with Gasteiger partial charge in [0.05, 0.1) is 22.7 Å². The summed E-state index contributed by atoms with van der Waals surface area (Å²) in [5.41, 5.74) is -0.963. The van der Waals surface area contributed by atoms with E-state index in [1.807, 2.05) is 0 Å². The number of rotatable bonds is 6. The van der Waals surface area contributed by atoms with Gasteiger partial charge in [0, 0.05) is 6.07 Å². The Balaban J connectivity index is 2.25. The van der Waals surface area contributed by atoms with E-state index in [1.54, 1.807) is 37.3 Å². The number of hydrogen-bond donors (Lipinski definition) is 0. The van der Waals surface area contributed by atoms with Crippen molar-refractivity contribution in [2.75, 3.05) is 6.61 Å². The van der Waals surface area contributed by atoms with Crippen LogP contribution in [0.15, 0.2) is 60.7 Å². The topological polar surface area (TPSA) is 61.6 Å². The number of benzene rings is 3. The van der Waals surface area contributed by atoms with Crippen molar-refractivity contribution in [1.82, 2.24) is 0 Å². The zero-order valence-corrected chi connectivity index (χ0v) is 16.3. The maximum Gasteiger partial charge on any atom is 0.416 e. The summed E-state index contributed by atoms with van der Waals surface area (Å²) in [5, 5.41) is 11.4. The molecule has 30 heavy (non-hydrogen) atoms. The van der Waals surface area contributed by atoms with Gasteiger partial charge < -0.3 is 9.47 Å². The van der Waals surface area contributed by atoms with Crippen LogP contribution in [-0.2, 0) is 6.18 Å². The lowest BCUT2D eigenvalue weighted by molar-refractivity contribution is -0.385. The second kappa shape index (κ2) is 8.62. The molecule has 0 fully saturated rings. The Kier molecular flexibility index (Phi) is 6.17. The van der Waals surface area contributed by atoms with Crippen LogP contribution in [0.25, 0.3) is 11.1 Å². The Labute approximate surface area is 174 Å². The number of nitro benzene ring substituents is 1. The number of nitrogens with zero attached hydrogens (tertiary/aromatic N) is 1. The maximum absolute atomic E-state index is 13.0. The fraction of sp³-hybridized carbons (Fsp3) is 0.143. The zero-order chi connectivity index (χ0) is 21.9. The molecule has 3 aromatic rings. The quantitative estimate of drug-likeness (QED) is 0.304. The van der Waals surface area contributed by atoms with Gasteiger partial charge in [0.2, 0.25) is 5.75 Å². The normalized spacial score (nSPS) is 11.2. The van der Waals surface area contributed by atoms with Crippen molar-refractivity contribution in [1.29, 1.82) is 0 Å². The van der Waals surface area contributed by atoms with Crippen molar-refractivity contribution in [3.05, 3.63) is 81.4 Å². The van der Waals surface area contributed by atoms with E-state index < -0.39 is 22.4 Å². The second-order valence-corrected chi connectivity index (χ2v) is 6.50. The Bertz CT molecular complexity index is 1050. The molecule has 3 rings (SSSR count). The highest BCUT2D eigenvalue weighted by molar-refractivity contribution is 6.33. The van der Waals surface area contributed by atoms with Gasteiger partial charge in [-0.15, -0.1) is 0 Å². The van der Waals surface area contributed by atoms with Gasteiger partial charge in [-0.1, -0.05) is 41.9 Å². The molecule has 0 radical (unpaired) electrons. The molecule has 0 aromatic heterocycles. The number of para-hydroxylation sites is 1. The summed E-state index contributed by atoms with van der Waals surface area (Å²) in [7, 11) is 0. The molecule has 5 nitrogen and oxygen atoms in total. The minimum atomic E-state index is -4.52. The van der Waals surface area contributed by atoms with E-state index >= 15 is 0 Å². The zero-order valence-electron chi connectivity index (χ0n) is 15.6. The van der Waals surface area contributed by atoms with Crippen LogP contribution < -0.4 is 9.47 Å². The van der Waals surface area contributed by atoms with Gasteiger partial charge >= 0.3 is 11.9 Å². The predicted molar refractivity (Wildman–Crippen MR) is 106 cm³/mol. The van der Waals surface area contributed by atoms with Crippen LogP contribution in [-0.4, -0.2) is 11.5 Å². The van der Waals surface area contributed by atoms with Gasteiger partial charge in [0.15, 0.2) is 0 Å². The van der Waals surface area contributed by atoms with Gasteiger partial charge in [0.1, 0.15) is 16.5 Å². The van der Waals surface area contributed by atoms with E-state index in [2.05, 4.69) is 0 Å². The lowest BCUT2D eigenvalue weighted by atomic mass is 10.0. The summed E-state index contributed by atoms with van der Waals surface area (Å²) in [6.07, 6.45) is -4.52. The lowest BCUT2D eigenvalue weighted by Crippen LogP contribution is -2.05. The molecule has 0 N–H and O–H groups in total. The average Bonchev–Trinajstić information content (AvgIpc) is 2.68. The van der Waals surface area contributed by atoms with E-state index in [-0.39, 0.29) is 34.3 Å². The molecule has 0 saturated carbocycles. The van der Waals surface area contributed by atoms with Crippen molar-refractivity contribution >= 4 is 17.3 Å². The molecule has 0 amide bonds. The summed E-state index contributed by atoms with van der Waals surface area (Å²) >= 11 is 6.13. The Hall–Kier alpha value is -3.26. The third-order valence-corrected chi connectivity index (χ3v) is 4.40. The molecule has 0 heterocycles. The SMILES string of the molecule is CCOc1c(-c2ccc(C(F)(F)F)cc2)c(Oc2ccccc2)cc(Cl)c1[N+](=O)[O-]. The monoisotopic (exact) mass is 437 g/mol. The molecular formula is C21H15ClF3NO4. The molecule has 3 aromatic carbocycles. The van der Waals surface area contributed by atoms with Crippen molar-refractivity contribution in [2.45, 2.75) is 13.1 Å². The average molecular weight is 438 g/mol. The Morgan fingerprint density at radius 1 is 1.07 bits per heavy atom. The molecular weight excluding hydrogens is 423 g/mol. The third kappa shape index (κ3) is 4.49. The first-order valence-corrected chi connectivity index (χ1v) is 9.14. The summed E-state index contributed by atoms with van der Waals surface area (Å²) in [4.78, 5) is 10.9. The van der Waals surface area contributed by atoms with Crippen molar-refractivity contribution in [3.8, 4) is 28.4 Å². The third-order valence-electron chi connectivity index (χ3n) is 4.12. The van der Waals surface area contributed by atoms with Crippen molar-refractivity contribution in [3.63, 3.8) is 0 Å². The second-order valence-electron chi connectivity index (χ2n) is 6.09. The molecule has 0 aliphatic rings. The van der Waals surface area contributed by atoms with Crippen molar-refractivity contribution in [2.24, 2.45) is 0 Å². The van der Waals surface area contributed by atoms with E-state index in [9.17, 15) is 23.3 Å². The molecule has 0 saturated heterocycles. The first-order valence-electron chi connectivity index (χ1n) is 8.76. The molecule has 0 aliphatic heterocycles. The van der Waals surface area contributed by atoms with Crippen LogP contribution in [0.1, 0.15) is 12.5 Å². The van der Waals surface area contributed by atoms with E-state index in [4.69, 9.17) is 21.1 Å². The van der Waals surface area contributed by atoms with Gasteiger partial charge in [-0.25, -0.2) is 0 Å². The Morgan fingerprint density at radius 2 is 1.70 bits per heavy atom. The van der Waals surface area contributed by atoms with Crippen molar-refractivity contribution < 1.29 is 27.6 Å². The smallest absolute Gasteiger partial charge is 0.416 e. The van der Waals surface area contributed by atoms with Crippen LogP contribution in [0.5, 0.6) is 17.2 Å². The number of alkyl halides is 3. The summed E-state index contributed by atoms with van der Waals surface area (Å²) < 4.78 is 50.2. The number of halogens is 4. The maximum atomic E-state index is 13.0. The minimum absolute atomic E-state index is 0.0690. The highest BCUT2D eigenvalue weighted by atomic mass is 35.5. The fourth-order valence-electron chi connectivity index (χ4n) is 2.84. The standard InChI is InChI=1S/C21H15ClF3NO4/c1-2-29-20-18(13-8-10-14(11-9-13)21(23,24)25)17(12-16(22)19(20)26(27)28)30-15-6-4-3-5-7-15/h3-12H,2H2,1H3. The summed E-state index contributed by atoms with van der Waals surface area (Å²) in [6.45, 7) is 1.69. The molecule has 0 spiro atoms. The van der Waals surface area contributed by atoms with Gasteiger partial charge in [-0.05, 0) is 36.8 Å². The lowest BCUT2D eigenvalue weighted by Gasteiger charge is -2.17. The van der Waals surface area contributed by atoms with E-state index in [0.717, 1.165) is 12.1 Å². The van der Waals surface area contributed by atoms with Crippen LogP contribution in [0.4, 0.5) is 18.9 Å². The summed E-state index contributed by atoms with van der Waals surface area (Å²) in [6, 6.07) is 14.0. The van der Waals surface area contributed by atoms with Crippen LogP contribution in [0.3, 0.4) is 0 Å². The molecule has 156 valence electrons. The Morgan fingerprint density at radius 3 is 2.23 bits per heavy atom. The number of nitro groups is 1. The highest BCUT2D eigenvalue weighted by Gasteiger charge is 2.32. The molecule has 0 bridgehead atoms. The summed E-state index contributed by atoms with van der Waals surface area (Å²) in [5.74, 6) is 0.346.